The van der Waals surface area contributed by atoms with Gasteiger partial charge in [0.2, 0.25) is 0 Å². The first-order valence-corrected chi connectivity index (χ1v) is 3.99. The minimum Gasteiger partial charge on any atom is -0.480 e. The van der Waals surface area contributed by atoms with Crippen LogP contribution in [0.25, 0.3) is 0 Å². The molecular formula is C7H11NO4. The summed E-state index contributed by atoms with van der Waals surface area (Å²) in [5, 5.41) is 11.6. The fourth-order valence-corrected chi connectivity index (χ4v) is 1.69. The fourth-order valence-electron chi connectivity index (χ4n) is 1.69. The summed E-state index contributed by atoms with van der Waals surface area (Å²) in [5.41, 5.74) is -0.372. The normalized spacial score (nSPS) is 40.8. The minimum atomic E-state index is -0.817. The van der Waals surface area contributed by atoms with E-state index in [2.05, 4.69) is 5.32 Å². The highest BCUT2D eigenvalue weighted by atomic mass is 17.2. The Morgan fingerprint density at radius 3 is 3.00 bits per heavy atom. The molecule has 0 amide bonds. The van der Waals surface area contributed by atoms with Gasteiger partial charge in [-0.15, -0.1) is 0 Å². The van der Waals surface area contributed by atoms with Gasteiger partial charge in [-0.2, -0.15) is 0 Å². The molecule has 2 fully saturated rings. The van der Waals surface area contributed by atoms with Gasteiger partial charge in [0.05, 0.1) is 6.61 Å². The lowest BCUT2D eigenvalue weighted by Gasteiger charge is -2.16. The molecule has 5 nitrogen and oxygen atoms in total. The van der Waals surface area contributed by atoms with Gasteiger partial charge in [0, 0.05) is 19.4 Å². The van der Waals surface area contributed by atoms with Crippen molar-refractivity contribution in [3.63, 3.8) is 0 Å². The first-order chi connectivity index (χ1) is 5.72. The molecule has 0 aromatic heterocycles. The van der Waals surface area contributed by atoms with Crippen LogP contribution in [0.5, 0.6) is 0 Å². The van der Waals surface area contributed by atoms with Crippen LogP contribution in [0, 0.1) is 0 Å². The van der Waals surface area contributed by atoms with Gasteiger partial charge in [0.15, 0.2) is 0 Å². The van der Waals surface area contributed by atoms with E-state index in [1.54, 1.807) is 0 Å². The second kappa shape index (κ2) is 2.69. The Balaban J connectivity index is 2.01. The first-order valence-electron chi connectivity index (χ1n) is 3.99. The third-order valence-electron chi connectivity index (χ3n) is 2.42. The molecule has 1 spiro atoms. The van der Waals surface area contributed by atoms with E-state index in [1.807, 2.05) is 0 Å². The Kier molecular flexibility index (Phi) is 1.79. The molecular weight excluding hydrogens is 162 g/mol. The number of carbonyl (C=O) groups is 1. The van der Waals surface area contributed by atoms with Crippen LogP contribution in [0.4, 0.5) is 0 Å². The van der Waals surface area contributed by atoms with Crippen LogP contribution in [-0.4, -0.2) is 35.9 Å². The molecule has 2 saturated heterocycles. The second-order valence-electron chi connectivity index (χ2n) is 3.31. The maximum atomic E-state index is 10.6. The predicted octanol–water partition coefficient (Wildman–Crippen LogP) is -0.476. The van der Waals surface area contributed by atoms with Gasteiger partial charge in [0.25, 0.3) is 0 Å². The Morgan fingerprint density at radius 1 is 1.67 bits per heavy atom. The molecule has 2 aliphatic heterocycles. The summed E-state index contributed by atoms with van der Waals surface area (Å²) in [6, 6.07) is -0.480. The predicted molar refractivity (Wildman–Crippen MR) is 38.4 cm³/mol. The van der Waals surface area contributed by atoms with Crippen molar-refractivity contribution < 1.29 is 19.7 Å². The monoisotopic (exact) mass is 173 g/mol. The van der Waals surface area contributed by atoms with Crippen molar-refractivity contribution in [2.75, 3.05) is 13.2 Å². The fraction of sp³-hybridized carbons (Fsp3) is 0.857. The summed E-state index contributed by atoms with van der Waals surface area (Å²) in [6.07, 6.45) is 1.28. The molecule has 2 N–H and O–H groups in total. The molecule has 5 heteroatoms. The molecule has 0 radical (unpaired) electrons. The molecule has 68 valence electrons. The molecule has 0 aromatic rings. The topological polar surface area (TPSA) is 67.8 Å². The van der Waals surface area contributed by atoms with Gasteiger partial charge in [-0.05, 0) is 0 Å². The molecule has 0 saturated carbocycles. The van der Waals surface area contributed by atoms with E-state index in [4.69, 9.17) is 14.9 Å². The maximum Gasteiger partial charge on any atom is 0.320 e. The third-order valence-corrected chi connectivity index (χ3v) is 2.42. The average Bonchev–Trinajstić information content (AvgIpc) is 2.62. The zero-order valence-corrected chi connectivity index (χ0v) is 6.58. The van der Waals surface area contributed by atoms with Gasteiger partial charge in [-0.25, -0.2) is 9.78 Å². The molecule has 12 heavy (non-hydrogen) atoms. The van der Waals surface area contributed by atoms with Crippen molar-refractivity contribution in [1.29, 1.82) is 0 Å². The minimum absolute atomic E-state index is 0.372. The number of nitrogens with one attached hydrogen (secondary N) is 1. The lowest BCUT2D eigenvalue weighted by atomic mass is 9.97. The van der Waals surface area contributed by atoms with Crippen LogP contribution in [0.2, 0.25) is 0 Å². The van der Waals surface area contributed by atoms with E-state index in [0.29, 0.717) is 19.6 Å². The van der Waals surface area contributed by atoms with Crippen molar-refractivity contribution in [3.8, 4) is 0 Å². The van der Waals surface area contributed by atoms with Crippen molar-refractivity contribution in [1.82, 2.24) is 5.32 Å². The van der Waals surface area contributed by atoms with Gasteiger partial charge >= 0.3 is 5.97 Å². The maximum absolute atomic E-state index is 10.6. The molecule has 0 aromatic carbocycles. The highest BCUT2D eigenvalue weighted by Crippen LogP contribution is 2.31. The van der Waals surface area contributed by atoms with E-state index in [-0.39, 0.29) is 5.60 Å². The Morgan fingerprint density at radius 2 is 2.50 bits per heavy atom. The Bertz CT molecular complexity index is 200. The van der Waals surface area contributed by atoms with Crippen molar-refractivity contribution in [2.45, 2.75) is 24.5 Å². The largest absolute Gasteiger partial charge is 0.480 e. The van der Waals surface area contributed by atoms with Crippen LogP contribution in [-0.2, 0) is 14.6 Å². The van der Waals surface area contributed by atoms with Crippen LogP contribution in [0.15, 0.2) is 0 Å². The van der Waals surface area contributed by atoms with E-state index in [1.165, 1.54) is 0 Å². The van der Waals surface area contributed by atoms with Gasteiger partial charge < -0.3 is 10.4 Å². The summed E-state index contributed by atoms with van der Waals surface area (Å²) in [7, 11) is 0. The van der Waals surface area contributed by atoms with E-state index in [0.717, 1.165) is 6.42 Å². The molecule has 2 heterocycles. The molecule has 0 bridgehead atoms. The van der Waals surface area contributed by atoms with Gasteiger partial charge in [-0.1, -0.05) is 0 Å². The molecule has 2 aliphatic rings. The third kappa shape index (κ3) is 1.20. The number of carboxylic acid groups (broad SMARTS) is 1. The van der Waals surface area contributed by atoms with Crippen LogP contribution in [0.1, 0.15) is 12.8 Å². The zero-order valence-electron chi connectivity index (χ0n) is 6.58. The summed E-state index contributed by atoms with van der Waals surface area (Å²) in [5.74, 6) is -0.817. The molecule has 2 unspecified atom stereocenters. The first kappa shape index (κ1) is 7.97. The van der Waals surface area contributed by atoms with Crippen molar-refractivity contribution >= 4 is 5.97 Å². The van der Waals surface area contributed by atoms with Gasteiger partial charge in [-0.3, -0.25) is 4.79 Å². The van der Waals surface area contributed by atoms with Crippen molar-refractivity contribution in [2.24, 2.45) is 0 Å². The van der Waals surface area contributed by atoms with Crippen LogP contribution < -0.4 is 5.32 Å². The highest BCUT2D eigenvalue weighted by Gasteiger charge is 2.46. The molecule has 0 aliphatic carbocycles. The number of aliphatic carboxylic acids is 1. The van der Waals surface area contributed by atoms with E-state index >= 15 is 0 Å². The SMILES string of the molecule is O=C(O)C1CC2(CCOO2)CN1. The average molecular weight is 173 g/mol. The molecule has 2 rings (SSSR count). The number of hydrogen-bond donors (Lipinski definition) is 2. The van der Waals surface area contributed by atoms with E-state index < -0.39 is 12.0 Å². The molecule has 2 atom stereocenters. The smallest absolute Gasteiger partial charge is 0.320 e. The Labute approximate surface area is 69.6 Å². The standard InChI is InChI=1S/C7H11NO4/c9-6(10)5-3-7(4-8-5)1-2-11-12-7/h5,8H,1-4H2,(H,9,10). The summed E-state index contributed by atoms with van der Waals surface area (Å²) in [6.45, 7) is 1.14. The Hall–Kier alpha value is -0.650. The lowest BCUT2D eigenvalue weighted by Crippen LogP contribution is -2.30. The van der Waals surface area contributed by atoms with Crippen LogP contribution >= 0.6 is 0 Å². The van der Waals surface area contributed by atoms with Crippen LogP contribution in [0.3, 0.4) is 0 Å². The number of rotatable bonds is 1. The van der Waals surface area contributed by atoms with Gasteiger partial charge in [0.1, 0.15) is 11.6 Å². The number of carboxylic acids is 1. The summed E-state index contributed by atoms with van der Waals surface area (Å²) >= 11 is 0. The second-order valence-corrected chi connectivity index (χ2v) is 3.31. The summed E-state index contributed by atoms with van der Waals surface area (Å²) < 4.78 is 0. The highest BCUT2D eigenvalue weighted by molar-refractivity contribution is 5.74. The number of hydrogen-bond acceptors (Lipinski definition) is 4. The van der Waals surface area contributed by atoms with Crippen molar-refractivity contribution in [3.05, 3.63) is 0 Å². The lowest BCUT2D eigenvalue weighted by molar-refractivity contribution is -0.303. The summed E-state index contributed by atoms with van der Waals surface area (Å²) in [4.78, 5) is 20.4. The zero-order chi connectivity index (χ0) is 8.60. The quantitative estimate of drug-likeness (QED) is 0.524. The van der Waals surface area contributed by atoms with E-state index in [9.17, 15) is 4.79 Å².